The van der Waals surface area contributed by atoms with Gasteiger partial charge in [-0.15, -0.1) is 0 Å². The summed E-state index contributed by atoms with van der Waals surface area (Å²) in [5.74, 6) is 1.43. The minimum atomic E-state index is 0.0850. The summed E-state index contributed by atoms with van der Waals surface area (Å²) in [4.78, 5) is 14.0. The second-order valence-corrected chi connectivity index (χ2v) is 5.59. The van der Waals surface area contributed by atoms with E-state index in [-0.39, 0.29) is 12.5 Å². The van der Waals surface area contributed by atoms with E-state index in [1.807, 2.05) is 37.1 Å². The highest BCUT2D eigenvalue weighted by molar-refractivity contribution is 5.78. The van der Waals surface area contributed by atoms with Crippen LogP contribution < -0.4 is 10.1 Å². The summed E-state index contributed by atoms with van der Waals surface area (Å²) in [5, 5.41) is 3.17. The largest absolute Gasteiger partial charge is 0.484 e. The van der Waals surface area contributed by atoms with Crippen molar-refractivity contribution in [2.75, 3.05) is 33.3 Å². The number of carbonyl (C=O) groups is 1. The van der Waals surface area contributed by atoms with Crippen molar-refractivity contribution in [2.45, 2.75) is 20.3 Å². The van der Waals surface area contributed by atoms with Crippen LogP contribution >= 0.6 is 0 Å². The first-order valence-electron chi connectivity index (χ1n) is 7.22. The SMILES string of the molecule is CNCC1CCN(C(=O)COc2ccc(C)c(C)c2)C1. The van der Waals surface area contributed by atoms with Crippen LogP contribution in [0, 0.1) is 19.8 Å². The second-order valence-electron chi connectivity index (χ2n) is 5.59. The van der Waals surface area contributed by atoms with Crippen molar-refractivity contribution in [3.05, 3.63) is 29.3 Å². The maximum absolute atomic E-state index is 12.1. The summed E-state index contributed by atoms with van der Waals surface area (Å²) in [6.45, 7) is 6.91. The fourth-order valence-electron chi connectivity index (χ4n) is 2.55. The summed E-state index contributed by atoms with van der Waals surface area (Å²) in [6.07, 6.45) is 1.08. The maximum atomic E-state index is 12.1. The number of hydrogen-bond donors (Lipinski definition) is 1. The fourth-order valence-corrected chi connectivity index (χ4v) is 2.55. The molecule has 0 aliphatic carbocycles. The number of nitrogens with one attached hydrogen (secondary N) is 1. The molecule has 1 aromatic carbocycles. The zero-order chi connectivity index (χ0) is 14.5. The molecule has 1 fully saturated rings. The number of hydrogen-bond acceptors (Lipinski definition) is 3. The van der Waals surface area contributed by atoms with Crippen LogP contribution in [0.2, 0.25) is 0 Å². The van der Waals surface area contributed by atoms with Crippen molar-refractivity contribution in [3.8, 4) is 5.75 Å². The molecule has 2 rings (SSSR count). The second kappa shape index (κ2) is 6.75. The van der Waals surface area contributed by atoms with Crippen LogP contribution in [-0.4, -0.2) is 44.1 Å². The summed E-state index contributed by atoms with van der Waals surface area (Å²) in [7, 11) is 1.95. The molecular weight excluding hydrogens is 252 g/mol. The number of ether oxygens (including phenoxy) is 1. The summed E-state index contributed by atoms with van der Waals surface area (Å²) >= 11 is 0. The van der Waals surface area contributed by atoms with Gasteiger partial charge in [0.2, 0.25) is 0 Å². The van der Waals surface area contributed by atoms with E-state index in [9.17, 15) is 4.79 Å². The lowest BCUT2D eigenvalue weighted by atomic mass is 10.1. The maximum Gasteiger partial charge on any atom is 0.260 e. The molecular formula is C16H24N2O2. The van der Waals surface area contributed by atoms with Crippen molar-refractivity contribution in [1.82, 2.24) is 10.2 Å². The molecule has 1 aliphatic rings. The van der Waals surface area contributed by atoms with E-state index in [0.29, 0.717) is 5.92 Å². The molecule has 4 heteroatoms. The predicted molar refractivity (Wildman–Crippen MR) is 80.0 cm³/mol. The monoisotopic (exact) mass is 276 g/mol. The van der Waals surface area contributed by atoms with Gasteiger partial charge in [-0.3, -0.25) is 4.79 Å². The third-order valence-electron chi connectivity index (χ3n) is 3.97. The zero-order valence-corrected chi connectivity index (χ0v) is 12.6. The number of carbonyl (C=O) groups excluding carboxylic acids is 1. The highest BCUT2D eigenvalue weighted by Gasteiger charge is 2.25. The average molecular weight is 276 g/mol. The van der Waals surface area contributed by atoms with Gasteiger partial charge in [-0.05, 0) is 63.0 Å². The van der Waals surface area contributed by atoms with Crippen molar-refractivity contribution >= 4 is 5.91 Å². The molecule has 1 saturated heterocycles. The highest BCUT2D eigenvalue weighted by Crippen LogP contribution is 2.18. The van der Waals surface area contributed by atoms with Gasteiger partial charge in [0.05, 0.1) is 0 Å². The molecule has 1 atom stereocenters. The quantitative estimate of drug-likeness (QED) is 0.891. The Hall–Kier alpha value is -1.55. The number of nitrogens with zero attached hydrogens (tertiary/aromatic N) is 1. The molecule has 0 radical (unpaired) electrons. The van der Waals surface area contributed by atoms with Gasteiger partial charge in [-0.2, -0.15) is 0 Å². The van der Waals surface area contributed by atoms with Gasteiger partial charge < -0.3 is 15.0 Å². The molecule has 1 amide bonds. The van der Waals surface area contributed by atoms with Crippen LogP contribution in [0.3, 0.4) is 0 Å². The summed E-state index contributed by atoms with van der Waals surface area (Å²) < 4.78 is 5.60. The normalized spacial score (nSPS) is 18.4. The third-order valence-corrected chi connectivity index (χ3v) is 3.97. The molecule has 1 aromatic rings. The lowest BCUT2D eigenvalue weighted by Gasteiger charge is -2.17. The fraction of sp³-hybridized carbons (Fsp3) is 0.562. The molecule has 1 unspecified atom stereocenters. The Morgan fingerprint density at radius 2 is 2.20 bits per heavy atom. The minimum Gasteiger partial charge on any atom is -0.484 e. The van der Waals surface area contributed by atoms with Crippen LogP contribution in [0.4, 0.5) is 0 Å². The predicted octanol–water partition coefficient (Wildman–Crippen LogP) is 1.75. The van der Waals surface area contributed by atoms with Crippen LogP contribution in [0.15, 0.2) is 18.2 Å². The Balaban J connectivity index is 1.82. The molecule has 1 heterocycles. The lowest BCUT2D eigenvalue weighted by molar-refractivity contribution is -0.132. The first-order valence-corrected chi connectivity index (χ1v) is 7.22. The van der Waals surface area contributed by atoms with Gasteiger partial charge in [-0.1, -0.05) is 6.07 Å². The van der Waals surface area contributed by atoms with E-state index in [1.165, 1.54) is 11.1 Å². The van der Waals surface area contributed by atoms with Gasteiger partial charge in [0.15, 0.2) is 6.61 Å². The van der Waals surface area contributed by atoms with Gasteiger partial charge in [0, 0.05) is 13.1 Å². The van der Waals surface area contributed by atoms with E-state index in [4.69, 9.17) is 4.74 Å². The Labute approximate surface area is 121 Å². The van der Waals surface area contributed by atoms with Gasteiger partial charge >= 0.3 is 0 Å². The number of rotatable bonds is 5. The lowest BCUT2D eigenvalue weighted by Crippen LogP contribution is -2.34. The first-order chi connectivity index (χ1) is 9.60. The smallest absolute Gasteiger partial charge is 0.260 e. The van der Waals surface area contributed by atoms with Crippen molar-refractivity contribution in [3.63, 3.8) is 0 Å². The van der Waals surface area contributed by atoms with Crippen molar-refractivity contribution < 1.29 is 9.53 Å². The third kappa shape index (κ3) is 3.73. The van der Waals surface area contributed by atoms with Crippen LogP contribution in [0.1, 0.15) is 17.5 Å². The molecule has 4 nitrogen and oxygen atoms in total. The van der Waals surface area contributed by atoms with Crippen molar-refractivity contribution in [1.29, 1.82) is 0 Å². The van der Waals surface area contributed by atoms with E-state index in [1.54, 1.807) is 0 Å². The molecule has 0 spiro atoms. The Bertz CT molecular complexity index is 474. The molecule has 0 bridgehead atoms. The van der Waals surface area contributed by atoms with E-state index in [2.05, 4.69) is 12.2 Å². The summed E-state index contributed by atoms with van der Waals surface area (Å²) in [6, 6.07) is 5.92. The van der Waals surface area contributed by atoms with Crippen LogP contribution in [-0.2, 0) is 4.79 Å². The molecule has 1 N–H and O–H groups in total. The Morgan fingerprint density at radius 3 is 2.90 bits per heavy atom. The van der Waals surface area contributed by atoms with E-state index >= 15 is 0 Å². The minimum absolute atomic E-state index is 0.0850. The number of benzene rings is 1. The molecule has 20 heavy (non-hydrogen) atoms. The molecule has 0 saturated carbocycles. The van der Waals surface area contributed by atoms with E-state index < -0.39 is 0 Å². The number of likely N-dealkylation sites (tertiary alicyclic amines) is 1. The molecule has 110 valence electrons. The molecule has 0 aromatic heterocycles. The topological polar surface area (TPSA) is 41.6 Å². The number of aryl methyl sites for hydroxylation is 2. The average Bonchev–Trinajstić information content (AvgIpc) is 2.89. The highest BCUT2D eigenvalue weighted by atomic mass is 16.5. The van der Waals surface area contributed by atoms with Crippen LogP contribution in [0.25, 0.3) is 0 Å². The van der Waals surface area contributed by atoms with Crippen LogP contribution in [0.5, 0.6) is 5.75 Å². The van der Waals surface area contributed by atoms with Gasteiger partial charge in [0.25, 0.3) is 5.91 Å². The standard InChI is InChI=1S/C16H24N2O2/c1-12-4-5-15(8-13(12)2)20-11-16(19)18-7-6-14(10-18)9-17-3/h4-5,8,14,17H,6-7,9-11H2,1-3H3. The van der Waals surface area contributed by atoms with Gasteiger partial charge in [-0.25, -0.2) is 0 Å². The summed E-state index contributed by atoms with van der Waals surface area (Å²) in [5.41, 5.74) is 2.42. The Morgan fingerprint density at radius 1 is 1.40 bits per heavy atom. The van der Waals surface area contributed by atoms with Crippen molar-refractivity contribution in [2.24, 2.45) is 5.92 Å². The molecule has 1 aliphatic heterocycles. The Kier molecular flexibility index (Phi) is 5.01. The zero-order valence-electron chi connectivity index (χ0n) is 12.6. The number of amides is 1. The first kappa shape index (κ1) is 14.9. The van der Waals surface area contributed by atoms with E-state index in [0.717, 1.165) is 31.8 Å². The van der Waals surface area contributed by atoms with Gasteiger partial charge in [0.1, 0.15) is 5.75 Å².